The molecule has 0 saturated heterocycles. The molecule has 2 unspecified atom stereocenters. The monoisotopic (exact) mass is 1240 g/mol. The maximum atomic E-state index is 12.9. The van der Waals surface area contributed by atoms with Crippen molar-refractivity contribution in [3.05, 3.63) is 182 Å². The van der Waals surface area contributed by atoms with Crippen molar-refractivity contribution in [1.29, 1.82) is 0 Å². The van der Waals surface area contributed by atoms with Crippen molar-refractivity contribution in [1.82, 2.24) is 0 Å². The molecule has 0 aromatic heterocycles. The molecule has 0 aliphatic carbocycles. The highest BCUT2D eigenvalue weighted by molar-refractivity contribution is 7.47. The number of phosphoric ester groups is 1. The predicted molar refractivity (Wildman–Crippen MR) is 380 cm³/mol. The Morgan fingerprint density at radius 3 is 0.909 bits per heavy atom. The van der Waals surface area contributed by atoms with Gasteiger partial charge in [0.2, 0.25) is 0 Å². The van der Waals surface area contributed by atoms with E-state index in [0.29, 0.717) is 17.4 Å². The van der Waals surface area contributed by atoms with E-state index in [1.165, 1.54) is 64.2 Å². The molecule has 0 radical (unpaired) electrons. The molecule has 0 heterocycles. The number of nitrogens with zero attached hydrogens (tertiary/aromatic N) is 1. The number of carbonyl (C=O) groups is 2. The molecule has 0 aromatic rings. The van der Waals surface area contributed by atoms with E-state index in [9.17, 15) is 19.0 Å². The van der Waals surface area contributed by atoms with Gasteiger partial charge < -0.3 is 18.9 Å². The van der Waals surface area contributed by atoms with Crippen LogP contribution in [0.4, 0.5) is 0 Å². The third-order valence-electron chi connectivity index (χ3n) is 13.9. The SMILES string of the molecule is CC/C=C\C/C=C\C/C=C\C/C=C\C/C=C\C/C=C\C/C=C\C/C=C\C/C=C\C/C=C\C/C=C\CCCCCCCC(=O)OC(COC(=O)CCCCCCCCCCCCCC/C=C\C/C=C\C/C=C\C/C=C\CC)COP(=O)(O)OCC[N+](C)(C)C. The topological polar surface area (TPSA) is 108 Å². The van der Waals surface area contributed by atoms with Crippen molar-refractivity contribution in [2.24, 2.45) is 0 Å². The number of hydrogen-bond donors (Lipinski definition) is 1. The Labute approximate surface area is 540 Å². The Kier molecular flexibility index (Phi) is 62.8. The van der Waals surface area contributed by atoms with E-state index in [-0.39, 0.29) is 32.0 Å². The highest BCUT2D eigenvalue weighted by Crippen LogP contribution is 2.43. The standard InChI is InChI=1S/C78H126NO8P/c1-6-8-10-12-14-16-18-20-22-24-26-28-30-32-33-34-35-36-37-38-39-40-41-42-43-44-45-47-49-51-53-55-57-59-61-63-65-67-69-71-78(81)87-76(75-86-88(82,83)85-73-72-79(3,4)5)74-84-77(80)70-68-66-64-62-60-58-56-54-52-50-48-46-31-29-27-25-23-21-19-17-15-13-11-9-7-2/h8-11,14-17,20-23,26-29,32-33,35-36,38-39,41-42,44-45,49,51,55,57,76H,6-7,12-13,18-19,24-25,30-31,34,37,40,43,46-48,50,52-54,56,58-75H2,1-5H3/p+1/b10-8-,11-9-,16-14-,17-15-,22-20-,23-21-,28-26-,29-27-,33-32-,36-35-,39-38-,42-41-,45-44-,51-49-,57-55-. The van der Waals surface area contributed by atoms with Crippen molar-refractivity contribution < 1.29 is 42.1 Å². The molecule has 1 N–H and O–H groups in total. The van der Waals surface area contributed by atoms with Crippen LogP contribution < -0.4 is 0 Å². The number of unbranched alkanes of at least 4 members (excludes halogenated alkanes) is 17. The van der Waals surface area contributed by atoms with Crippen molar-refractivity contribution >= 4 is 19.8 Å². The van der Waals surface area contributed by atoms with Crippen LogP contribution in [0.5, 0.6) is 0 Å². The number of allylic oxidation sites excluding steroid dienone is 30. The van der Waals surface area contributed by atoms with Gasteiger partial charge in [0.05, 0.1) is 27.7 Å². The summed E-state index contributed by atoms with van der Waals surface area (Å²) in [5.41, 5.74) is 0. The summed E-state index contributed by atoms with van der Waals surface area (Å²) in [5.74, 6) is -0.833. The zero-order valence-electron chi connectivity index (χ0n) is 56.4. The summed E-state index contributed by atoms with van der Waals surface area (Å²) < 4.78 is 34.7. The van der Waals surface area contributed by atoms with Crippen LogP contribution in [-0.2, 0) is 32.7 Å². The lowest BCUT2D eigenvalue weighted by Gasteiger charge is -2.24. The van der Waals surface area contributed by atoms with Gasteiger partial charge in [-0.15, -0.1) is 0 Å². The first-order valence-electron chi connectivity index (χ1n) is 34.5. The molecule has 2 atom stereocenters. The lowest BCUT2D eigenvalue weighted by molar-refractivity contribution is -0.870. The van der Waals surface area contributed by atoms with Gasteiger partial charge in [0.15, 0.2) is 6.10 Å². The van der Waals surface area contributed by atoms with Crippen molar-refractivity contribution in [2.45, 2.75) is 251 Å². The summed E-state index contributed by atoms with van der Waals surface area (Å²) in [6.07, 6.45) is 103. The van der Waals surface area contributed by atoms with E-state index in [2.05, 4.69) is 196 Å². The summed E-state index contributed by atoms with van der Waals surface area (Å²) in [6, 6.07) is 0. The molecule has 0 aliphatic heterocycles. The number of esters is 2. The van der Waals surface area contributed by atoms with E-state index in [4.69, 9.17) is 18.5 Å². The maximum Gasteiger partial charge on any atom is 0.472 e. The van der Waals surface area contributed by atoms with Gasteiger partial charge in [0, 0.05) is 12.8 Å². The van der Waals surface area contributed by atoms with E-state index < -0.39 is 26.5 Å². The molecule has 0 spiro atoms. The normalized spacial score (nSPS) is 14.3. The molecule has 88 heavy (non-hydrogen) atoms. The molecule has 0 amide bonds. The number of carbonyl (C=O) groups excluding carboxylic acids is 2. The average Bonchev–Trinajstić information content (AvgIpc) is 3.68. The summed E-state index contributed by atoms with van der Waals surface area (Å²) in [7, 11) is 1.44. The minimum atomic E-state index is -4.41. The van der Waals surface area contributed by atoms with Gasteiger partial charge in [0.25, 0.3) is 0 Å². The predicted octanol–water partition coefficient (Wildman–Crippen LogP) is 22.7. The molecule has 10 heteroatoms. The van der Waals surface area contributed by atoms with E-state index in [1.54, 1.807) is 0 Å². The molecule has 0 bridgehead atoms. The molecule has 0 aliphatic rings. The zero-order valence-corrected chi connectivity index (χ0v) is 57.3. The molecule has 0 fully saturated rings. The molecule has 496 valence electrons. The van der Waals surface area contributed by atoms with Gasteiger partial charge in [-0.05, 0) is 135 Å². The van der Waals surface area contributed by atoms with Crippen LogP contribution in [0.3, 0.4) is 0 Å². The molecule has 0 aromatic carbocycles. The van der Waals surface area contributed by atoms with Crippen LogP contribution in [-0.4, -0.2) is 74.9 Å². The van der Waals surface area contributed by atoms with Crippen molar-refractivity contribution in [2.75, 3.05) is 47.5 Å². The van der Waals surface area contributed by atoms with Gasteiger partial charge in [-0.25, -0.2) is 4.57 Å². The first-order chi connectivity index (χ1) is 43.0. The van der Waals surface area contributed by atoms with Gasteiger partial charge in [-0.1, -0.05) is 280 Å². The summed E-state index contributed by atoms with van der Waals surface area (Å²) in [4.78, 5) is 35.9. The van der Waals surface area contributed by atoms with Crippen LogP contribution in [0.15, 0.2) is 182 Å². The molecule has 9 nitrogen and oxygen atoms in total. The van der Waals surface area contributed by atoms with Crippen LogP contribution in [0.1, 0.15) is 245 Å². The summed E-state index contributed by atoms with van der Waals surface area (Å²) >= 11 is 0. The summed E-state index contributed by atoms with van der Waals surface area (Å²) in [6.45, 7) is 4.17. The number of hydrogen-bond acceptors (Lipinski definition) is 7. The smallest absolute Gasteiger partial charge is 0.462 e. The van der Waals surface area contributed by atoms with Crippen molar-refractivity contribution in [3.63, 3.8) is 0 Å². The number of quaternary nitrogens is 1. The van der Waals surface area contributed by atoms with Crippen LogP contribution in [0.25, 0.3) is 0 Å². The number of rotatable bonds is 61. The Hall–Kier alpha value is -4.89. The Morgan fingerprint density at radius 1 is 0.352 bits per heavy atom. The minimum Gasteiger partial charge on any atom is -0.462 e. The molecular formula is C78H127NO8P+. The van der Waals surface area contributed by atoms with Gasteiger partial charge in [-0.3, -0.25) is 18.6 Å². The quantitative estimate of drug-likeness (QED) is 0.0211. The highest BCUT2D eigenvalue weighted by Gasteiger charge is 2.27. The largest absolute Gasteiger partial charge is 0.472 e. The van der Waals surface area contributed by atoms with E-state index in [1.807, 2.05) is 21.1 Å². The van der Waals surface area contributed by atoms with E-state index >= 15 is 0 Å². The zero-order chi connectivity index (χ0) is 64.1. The fourth-order valence-electron chi connectivity index (χ4n) is 8.72. The third-order valence-corrected chi connectivity index (χ3v) is 14.9. The fraction of sp³-hybridized carbons (Fsp3) is 0.590. The number of likely N-dealkylation sites (N-methyl/N-ethyl adjacent to an activating group) is 1. The Balaban J connectivity index is 4.18. The number of phosphoric acid groups is 1. The van der Waals surface area contributed by atoms with Crippen LogP contribution >= 0.6 is 7.82 Å². The second kappa shape index (κ2) is 66.5. The first kappa shape index (κ1) is 83.1. The Bertz CT molecular complexity index is 2140. The summed E-state index contributed by atoms with van der Waals surface area (Å²) in [5, 5.41) is 0. The minimum absolute atomic E-state index is 0.0176. The van der Waals surface area contributed by atoms with Gasteiger partial charge >= 0.3 is 19.8 Å². The van der Waals surface area contributed by atoms with Crippen molar-refractivity contribution in [3.8, 4) is 0 Å². The second-order valence-electron chi connectivity index (χ2n) is 23.4. The number of ether oxygens (including phenoxy) is 2. The first-order valence-corrected chi connectivity index (χ1v) is 36.0. The lowest BCUT2D eigenvalue weighted by atomic mass is 10.0. The van der Waals surface area contributed by atoms with Gasteiger partial charge in [-0.2, -0.15) is 0 Å². The lowest BCUT2D eigenvalue weighted by Crippen LogP contribution is -2.37. The molecule has 0 rings (SSSR count). The maximum absolute atomic E-state index is 12.9. The van der Waals surface area contributed by atoms with E-state index in [0.717, 1.165) is 148 Å². The third kappa shape index (κ3) is 70.2. The van der Waals surface area contributed by atoms with Gasteiger partial charge in [0.1, 0.15) is 19.8 Å². The highest BCUT2D eigenvalue weighted by atomic mass is 31.2. The van der Waals surface area contributed by atoms with Crippen LogP contribution in [0.2, 0.25) is 0 Å². The Morgan fingerprint density at radius 2 is 0.614 bits per heavy atom. The van der Waals surface area contributed by atoms with Crippen LogP contribution in [0, 0.1) is 0 Å². The molecule has 0 saturated carbocycles. The molecular weight excluding hydrogens is 1110 g/mol. The average molecular weight is 1240 g/mol. The fourth-order valence-corrected chi connectivity index (χ4v) is 9.46. The second-order valence-corrected chi connectivity index (χ2v) is 24.9.